The van der Waals surface area contributed by atoms with Crippen LogP contribution < -0.4 is 11.1 Å². The molecule has 5 heteroatoms. The van der Waals surface area contributed by atoms with Crippen LogP contribution in [-0.4, -0.2) is 23.5 Å². The number of carboxylic acid groups (broad SMARTS) is 1. The highest BCUT2D eigenvalue weighted by Crippen LogP contribution is 2.14. The molecule has 1 aromatic carbocycles. The molecule has 1 unspecified atom stereocenters. The summed E-state index contributed by atoms with van der Waals surface area (Å²) in [5, 5.41) is 11.6. The average Bonchev–Trinajstić information content (AvgIpc) is 2.50. The summed E-state index contributed by atoms with van der Waals surface area (Å²) >= 11 is 0. The molecule has 21 heavy (non-hydrogen) atoms. The Balaban J connectivity index is 2.35. The summed E-state index contributed by atoms with van der Waals surface area (Å²) in [6.07, 6.45) is 2.57. The van der Waals surface area contributed by atoms with Gasteiger partial charge in [-0.2, -0.15) is 0 Å². The van der Waals surface area contributed by atoms with Gasteiger partial charge in [0.1, 0.15) is 0 Å². The number of amides is 1. The molecule has 0 bridgehead atoms. The number of benzene rings is 1. The Morgan fingerprint density at radius 2 is 1.90 bits per heavy atom. The fraction of sp³-hybridized carbons (Fsp3) is 0.500. The van der Waals surface area contributed by atoms with Gasteiger partial charge in [-0.3, -0.25) is 9.59 Å². The maximum atomic E-state index is 11.9. The molecule has 1 amide bonds. The number of rotatable bonds is 9. The summed E-state index contributed by atoms with van der Waals surface area (Å²) in [6.45, 7) is 3.07. The molecule has 116 valence electrons. The minimum Gasteiger partial charge on any atom is -0.481 e. The van der Waals surface area contributed by atoms with Crippen molar-refractivity contribution in [1.29, 1.82) is 0 Å². The van der Waals surface area contributed by atoms with E-state index in [2.05, 4.69) is 5.32 Å². The van der Waals surface area contributed by atoms with Crippen LogP contribution in [0.1, 0.15) is 48.5 Å². The number of nitrogens with two attached hydrogens (primary N) is 1. The Morgan fingerprint density at radius 1 is 1.24 bits per heavy atom. The first-order valence-corrected chi connectivity index (χ1v) is 7.35. The van der Waals surface area contributed by atoms with Gasteiger partial charge in [0.15, 0.2) is 0 Å². The second-order valence-electron chi connectivity index (χ2n) is 5.15. The molecule has 0 radical (unpaired) electrons. The lowest BCUT2D eigenvalue weighted by molar-refractivity contribution is -0.137. The van der Waals surface area contributed by atoms with Crippen molar-refractivity contribution in [3.05, 3.63) is 35.4 Å². The van der Waals surface area contributed by atoms with Crippen molar-refractivity contribution < 1.29 is 14.7 Å². The lowest BCUT2D eigenvalue weighted by Crippen LogP contribution is -2.26. The first-order valence-electron chi connectivity index (χ1n) is 7.35. The largest absolute Gasteiger partial charge is 0.481 e. The van der Waals surface area contributed by atoms with Crippen molar-refractivity contribution in [1.82, 2.24) is 5.32 Å². The standard InChI is InChI=1S/C16H24N2O3/c1-2-12(5-8-15(19)20)9-10-18-16(21)14-6-3-13(11-17)4-7-14/h3-4,6-7,12H,2,5,8-11,17H2,1H3,(H,18,21)(H,19,20). The number of hydrogen-bond acceptors (Lipinski definition) is 3. The van der Waals surface area contributed by atoms with E-state index in [1.165, 1.54) is 0 Å². The molecule has 0 spiro atoms. The van der Waals surface area contributed by atoms with Crippen LogP contribution in [-0.2, 0) is 11.3 Å². The van der Waals surface area contributed by atoms with Crippen molar-refractivity contribution in [3.8, 4) is 0 Å². The monoisotopic (exact) mass is 292 g/mol. The topological polar surface area (TPSA) is 92.4 Å². The zero-order chi connectivity index (χ0) is 15.7. The first kappa shape index (κ1) is 17.2. The van der Waals surface area contributed by atoms with Crippen molar-refractivity contribution in [2.24, 2.45) is 11.7 Å². The Hall–Kier alpha value is -1.88. The third-order valence-electron chi connectivity index (χ3n) is 3.63. The van der Waals surface area contributed by atoms with Gasteiger partial charge in [0.05, 0.1) is 0 Å². The summed E-state index contributed by atoms with van der Waals surface area (Å²) in [5.74, 6) is -0.537. The number of carboxylic acids is 1. The minimum atomic E-state index is -0.766. The third kappa shape index (κ3) is 6.40. The van der Waals surface area contributed by atoms with E-state index >= 15 is 0 Å². The van der Waals surface area contributed by atoms with E-state index in [9.17, 15) is 9.59 Å². The Kier molecular flexibility index (Phi) is 7.46. The maximum Gasteiger partial charge on any atom is 0.303 e. The highest BCUT2D eigenvalue weighted by atomic mass is 16.4. The second-order valence-corrected chi connectivity index (χ2v) is 5.15. The van der Waals surface area contributed by atoms with Crippen LogP contribution in [0.25, 0.3) is 0 Å². The fourth-order valence-electron chi connectivity index (χ4n) is 2.16. The Bertz CT molecular complexity index is 457. The second kappa shape index (κ2) is 9.13. The Morgan fingerprint density at radius 3 is 2.43 bits per heavy atom. The van der Waals surface area contributed by atoms with E-state index in [4.69, 9.17) is 10.8 Å². The van der Waals surface area contributed by atoms with E-state index in [1.807, 2.05) is 19.1 Å². The zero-order valence-corrected chi connectivity index (χ0v) is 12.5. The summed E-state index contributed by atoms with van der Waals surface area (Å²) < 4.78 is 0. The smallest absolute Gasteiger partial charge is 0.303 e. The SMILES string of the molecule is CCC(CCNC(=O)c1ccc(CN)cc1)CCC(=O)O. The van der Waals surface area contributed by atoms with E-state index in [1.54, 1.807) is 12.1 Å². The molecule has 1 rings (SSSR count). The number of aliphatic carboxylic acids is 1. The summed E-state index contributed by atoms with van der Waals surface area (Å²) in [4.78, 5) is 22.5. The number of nitrogens with one attached hydrogen (secondary N) is 1. The third-order valence-corrected chi connectivity index (χ3v) is 3.63. The van der Waals surface area contributed by atoms with Gasteiger partial charge in [0.2, 0.25) is 0 Å². The van der Waals surface area contributed by atoms with Crippen LogP contribution in [0.2, 0.25) is 0 Å². The first-order chi connectivity index (χ1) is 10.1. The van der Waals surface area contributed by atoms with Crippen LogP contribution in [0.15, 0.2) is 24.3 Å². The van der Waals surface area contributed by atoms with Crippen LogP contribution in [0.4, 0.5) is 0 Å². The average molecular weight is 292 g/mol. The molecule has 5 nitrogen and oxygen atoms in total. The molecular formula is C16H24N2O3. The molecule has 1 aromatic rings. The van der Waals surface area contributed by atoms with Gasteiger partial charge in [-0.05, 0) is 36.5 Å². The van der Waals surface area contributed by atoms with Gasteiger partial charge in [0, 0.05) is 25.1 Å². The fourth-order valence-corrected chi connectivity index (χ4v) is 2.16. The molecule has 0 aliphatic carbocycles. The molecular weight excluding hydrogens is 268 g/mol. The lowest BCUT2D eigenvalue weighted by atomic mass is 9.96. The molecule has 0 aliphatic rings. The van der Waals surface area contributed by atoms with Gasteiger partial charge >= 0.3 is 5.97 Å². The van der Waals surface area contributed by atoms with Crippen LogP contribution in [0, 0.1) is 5.92 Å². The number of hydrogen-bond donors (Lipinski definition) is 3. The predicted molar refractivity (Wildman–Crippen MR) is 81.9 cm³/mol. The van der Waals surface area contributed by atoms with E-state index in [-0.39, 0.29) is 12.3 Å². The van der Waals surface area contributed by atoms with Crippen molar-refractivity contribution in [2.75, 3.05) is 6.54 Å². The van der Waals surface area contributed by atoms with Crippen LogP contribution in [0.5, 0.6) is 0 Å². The highest BCUT2D eigenvalue weighted by molar-refractivity contribution is 5.94. The summed E-state index contributed by atoms with van der Waals surface area (Å²) in [6, 6.07) is 7.21. The molecule has 0 saturated carbocycles. The molecule has 1 atom stereocenters. The van der Waals surface area contributed by atoms with Gasteiger partial charge in [-0.1, -0.05) is 25.5 Å². The number of carbonyl (C=O) groups excluding carboxylic acids is 1. The molecule has 0 aliphatic heterocycles. The van der Waals surface area contributed by atoms with Gasteiger partial charge in [0.25, 0.3) is 5.91 Å². The van der Waals surface area contributed by atoms with Crippen molar-refractivity contribution in [3.63, 3.8) is 0 Å². The molecule has 0 fully saturated rings. The molecule has 4 N–H and O–H groups in total. The highest BCUT2D eigenvalue weighted by Gasteiger charge is 2.10. The number of carbonyl (C=O) groups is 2. The van der Waals surface area contributed by atoms with Crippen molar-refractivity contribution in [2.45, 2.75) is 39.2 Å². The van der Waals surface area contributed by atoms with Crippen molar-refractivity contribution >= 4 is 11.9 Å². The van der Waals surface area contributed by atoms with E-state index < -0.39 is 5.97 Å². The molecule has 0 saturated heterocycles. The van der Waals surface area contributed by atoms with Crippen LogP contribution in [0.3, 0.4) is 0 Å². The predicted octanol–water partition coefficient (Wildman–Crippen LogP) is 2.16. The summed E-state index contributed by atoms with van der Waals surface area (Å²) in [5.41, 5.74) is 7.12. The molecule has 0 aromatic heterocycles. The van der Waals surface area contributed by atoms with Gasteiger partial charge in [-0.15, -0.1) is 0 Å². The van der Waals surface area contributed by atoms with Gasteiger partial charge < -0.3 is 16.2 Å². The lowest BCUT2D eigenvalue weighted by Gasteiger charge is -2.14. The Labute approximate surface area is 125 Å². The quantitative estimate of drug-likeness (QED) is 0.650. The normalized spacial score (nSPS) is 11.9. The van der Waals surface area contributed by atoms with Gasteiger partial charge in [-0.25, -0.2) is 0 Å². The zero-order valence-electron chi connectivity index (χ0n) is 12.5. The molecule has 0 heterocycles. The minimum absolute atomic E-state index is 0.105. The van der Waals surface area contributed by atoms with E-state index in [0.29, 0.717) is 31.0 Å². The maximum absolute atomic E-state index is 11.9. The summed E-state index contributed by atoms with van der Waals surface area (Å²) in [7, 11) is 0. The van der Waals surface area contributed by atoms with E-state index in [0.717, 1.165) is 18.4 Å². The van der Waals surface area contributed by atoms with Crippen LogP contribution >= 0.6 is 0 Å².